The molecule has 0 aliphatic rings. The summed E-state index contributed by atoms with van der Waals surface area (Å²) in [4.78, 5) is 20.0. The summed E-state index contributed by atoms with van der Waals surface area (Å²) in [6.07, 6.45) is 0.334. The predicted molar refractivity (Wildman–Crippen MR) is 106 cm³/mol. The summed E-state index contributed by atoms with van der Waals surface area (Å²) in [7, 11) is 0. The van der Waals surface area contributed by atoms with Crippen molar-refractivity contribution in [3.05, 3.63) is 11.7 Å². The maximum absolute atomic E-state index is 11.5. The lowest BCUT2D eigenvalue weighted by atomic mass is 10.2. The third-order valence-corrected chi connectivity index (χ3v) is 2.61. The number of carbonyl (C=O) groups is 1. The zero-order chi connectivity index (χ0) is 18.0. The van der Waals surface area contributed by atoms with E-state index >= 15 is 0 Å². The molecule has 0 aliphatic carbocycles. The molecule has 0 bridgehead atoms. The van der Waals surface area contributed by atoms with Gasteiger partial charge in [0.05, 0.1) is 0 Å². The fourth-order valence-electron chi connectivity index (χ4n) is 1.70. The molecule has 0 unspecified atom stereocenters. The van der Waals surface area contributed by atoms with Crippen molar-refractivity contribution in [2.24, 2.45) is 4.99 Å². The molecule has 0 saturated carbocycles. The van der Waals surface area contributed by atoms with Crippen LogP contribution in [0.3, 0.4) is 0 Å². The summed E-state index contributed by atoms with van der Waals surface area (Å²) >= 11 is 0. The molecule has 0 saturated heterocycles. The Morgan fingerprint density at radius 2 is 1.92 bits per heavy atom. The van der Waals surface area contributed by atoms with Gasteiger partial charge in [-0.2, -0.15) is 4.98 Å². The lowest BCUT2D eigenvalue weighted by Crippen LogP contribution is -2.39. The van der Waals surface area contributed by atoms with E-state index in [1.807, 2.05) is 27.7 Å². The summed E-state index contributed by atoms with van der Waals surface area (Å²) < 4.78 is 10.1. The smallest absolute Gasteiger partial charge is 0.407 e. The first-order valence-electron chi connectivity index (χ1n) is 8.08. The average Bonchev–Trinajstić information content (AvgIpc) is 2.88. The molecule has 25 heavy (non-hydrogen) atoms. The fraction of sp³-hybridized carbons (Fsp3) is 0.733. The van der Waals surface area contributed by atoms with E-state index in [0.717, 1.165) is 13.0 Å². The molecule has 1 aromatic rings. The first-order valence-corrected chi connectivity index (χ1v) is 8.08. The summed E-state index contributed by atoms with van der Waals surface area (Å²) in [6, 6.07) is 0. The van der Waals surface area contributed by atoms with Crippen LogP contribution in [0.2, 0.25) is 0 Å². The number of alkyl carbamates (subject to hydrolysis) is 1. The summed E-state index contributed by atoms with van der Waals surface area (Å²) in [5.41, 5.74) is -0.485. The number of nitrogens with one attached hydrogen (secondary N) is 3. The molecule has 0 aromatic carbocycles. The van der Waals surface area contributed by atoms with Crippen molar-refractivity contribution in [3.8, 4) is 0 Å². The quantitative estimate of drug-likeness (QED) is 0.243. The van der Waals surface area contributed by atoms with Gasteiger partial charge in [0.2, 0.25) is 5.89 Å². The largest absolute Gasteiger partial charge is 0.444 e. The molecule has 1 heterocycles. The molecule has 0 radical (unpaired) electrons. The topological polar surface area (TPSA) is 114 Å². The second-order valence-corrected chi connectivity index (χ2v) is 6.13. The molecule has 0 spiro atoms. The Kier molecular flexibility index (Phi) is 11.1. The number of aromatic nitrogens is 2. The van der Waals surface area contributed by atoms with Crippen LogP contribution in [-0.2, 0) is 11.3 Å². The number of halogens is 1. The number of hydrogen-bond acceptors (Lipinski definition) is 6. The standard InChI is InChI=1S/C15H28N6O3.HI/c1-6-16-13(19-10-12-20-11(2)24-21-12)17-8-7-9-18-14(22)23-15(3,4)5;/h6-10H2,1-5H3,(H,18,22)(H2,16,17,19);1H. The van der Waals surface area contributed by atoms with Crippen LogP contribution < -0.4 is 16.0 Å². The van der Waals surface area contributed by atoms with Crippen molar-refractivity contribution in [1.29, 1.82) is 0 Å². The van der Waals surface area contributed by atoms with Crippen LogP contribution in [0, 0.1) is 6.92 Å². The zero-order valence-electron chi connectivity index (χ0n) is 15.5. The van der Waals surface area contributed by atoms with Gasteiger partial charge in [0.15, 0.2) is 11.8 Å². The molecule has 1 amide bonds. The highest BCUT2D eigenvalue weighted by atomic mass is 127. The van der Waals surface area contributed by atoms with E-state index in [9.17, 15) is 4.79 Å². The third-order valence-electron chi connectivity index (χ3n) is 2.61. The van der Waals surface area contributed by atoms with Crippen LogP contribution in [0.4, 0.5) is 4.79 Å². The first kappa shape index (κ1) is 23.4. The highest BCUT2D eigenvalue weighted by Crippen LogP contribution is 2.06. The first-order chi connectivity index (χ1) is 11.3. The number of guanidine groups is 1. The number of carbonyl (C=O) groups excluding carboxylic acids is 1. The Bertz CT molecular complexity index is 542. The lowest BCUT2D eigenvalue weighted by Gasteiger charge is -2.19. The molecular weight excluding hydrogens is 439 g/mol. The lowest BCUT2D eigenvalue weighted by molar-refractivity contribution is 0.0527. The van der Waals surface area contributed by atoms with Gasteiger partial charge in [0.1, 0.15) is 12.1 Å². The monoisotopic (exact) mass is 468 g/mol. The van der Waals surface area contributed by atoms with Gasteiger partial charge in [0, 0.05) is 26.6 Å². The molecule has 1 aromatic heterocycles. The van der Waals surface area contributed by atoms with Crippen LogP contribution in [0.25, 0.3) is 0 Å². The van der Waals surface area contributed by atoms with Gasteiger partial charge in [0.25, 0.3) is 0 Å². The van der Waals surface area contributed by atoms with Crippen LogP contribution in [0.15, 0.2) is 9.52 Å². The van der Waals surface area contributed by atoms with E-state index in [0.29, 0.717) is 37.3 Å². The molecular formula is C15H29IN6O3. The van der Waals surface area contributed by atoms with Crippen molar-refractivity contribution in [1.82, 2.24) is 26.1 Å². The summed E-state index contributed by atoms with van der Waals surface area (Å²) in [5, 5.41) is 12.8. The maximum atomic E-state index is 11.5. The minimum absolute atomic E-state index is 0. The predicted octanol–water partition coefficient (Wildman–Crippen LogP) is 1.97. The van der Waals surface area contributed by atoms with E-state index in [1.165, 1.54) is 0 Å². The third kappa shape index (κ3) is 11.6. The van der Waals surface area contributed by atoms with Crippen molar-refractivity contribution in [2.75, 3.05) is 19.6 Å². The van der Waals surface area contributed by atoms with Gasteiger partial charge < -0.3 is 25.2 Å². The van der Waals surface area contributed by atoms with E-state index in [2.05, 4.69) is 31.1 Å². The van der Waals surface area contributed by atoms with Gasteiger partial charge in [-0.3, -0.25) is 0 Å². The van der Waals surface area contributed by atoms with Crippen LogP contribution >= 0.6 is 24.0 Å². The number of rotatable bonds is 7. The van der Waals surface area contributed by atoms with Gasteiger partial charge in [-0.15, -0.1) is 24.0 Å². The second kappa shape index (κ2) is 11.9. The molecule has 144 valence electrons. The number of hydrogen-bond donors (Lipinski definition) is 3. The maximum Gasteiger partial charge on any atom is 0.407 e. The minimum Gasteiger partial charge on any atom is -0.444 e. The molecule has 3 N–H and O–H groups in total. The minimum atomic E-state index is -0.485. The van der Waals surface area contributed by atoms with Crippen molar-refractivity contribution < 1.29 is 14.1 Å². The summed E-state index contributed by atoms with van der Waals surface area (Å²) in [5.74, 6) is 1.72. The number of aliphatic imine (C=N–C) groups is 1. The van der Waals surface area contributed by atoms with Crippen LogP contribution in [0.1, 0.15) is 45.8 Å². The summed E-state index contributed by atoms with van der Waals surface area (Å²) in [6.45, 7) is 11.5. The van der Waals surface area contributed by atoms with Gasteiger partial charge in [-0.05, 0) is 34.1 Å². The SMILES string of the molecule is CCNC(=NCc1noc(C)n1)NCCCNC(=O)OC(C)(C)C.I. The Hall–Kier alpha value is -1.59. The van der Waals surface area contributed by atoms with Crippen molar-refractivity contribution >= 4 is 36.0 Å². The Labute approximate surface area is 165 Å². The number of nitrogens with zero attached hydrogens (tertiary/aromatic N) is 3. The van der Waals surface area contributed by atoms with E-state index in [-0.39, 0.29) is 24.0 Å². The molecule has 9 nitrogen and oxygen atoms in total. The van der Waals surface area contributed by atoms with E-state index in [1.54, 1.807) is 6.92 Å². The van der Waals surface area contributed by atoms with Gasteiger partial charge >= 0.3 is 6.09 Å². The molecule has 10 heteroatoms. The highest BCUT2D eigenvalue weighted by molar-refractivity contribution is 14.0. The number of aryl methyl sites for hydroxylation is 1. The van der Waals surface area contributed by atoms with E-state index in [4.69, 9.17) is 9.26 Å². The molecule has 0 aliphatic heterocycles. The zero-order valence-corrected chi connectivity index (χ0v) is 17.8. The van der Waals surface area contributed by atoms with Gasteiger partial charge in [-0.1, -0.05) is 5.16 Å². The molecule has 0 atom stereocenters. The number of ether oxygens (including phenoxy) is 1. The molecule has 0 fully saturated rings. The van der Waals surface area contributed by atoms with E-state index < -0.39 is 11.7 Å². The Balaban J connectivity index is 0.00000576. The molecule has 1 rings (SSSR count). The normalized spacial score (nSPS) is 11.5. The van der Waals surface area contributed by atoms with Crippen LogP contribution in [-0.4, -0.2) is 47.4 Å². The fourth-order valence-corrected chi connectivity index (χ4v) is 1.70. The highest BCUT2D eigenvalue weighted by Gasteiger charge is 2.15. The average molecular weight is 468 g/mol. The second-order valence-electron chi connectivity index (χ2n) is 6.13. The van der Waals surface area contributed by atoms with Gasteiger partial charge in [-0.25, -0.2) is 9.79 Å². The van der Waals surface area contributed by atoms with Crippen LogP contribution in [0.5, 0.6) is 0 Å². The number of amides is 1. The van der Waals surface area contributed by atoms with Crippen molar-refractivity contribution in [3.63, 3.8) is 0 Å². The Morgan fingerprint density at radius 1 is 1.24 bits per heavy atom. The Morgan fingerprint density at radius 3 is 2.48 bits per heavy atom. The van der Waals surface area contributed by atoms with Crippen molar-refractivity contribution in [2.45, 2.75) is 53.2 Å².